The first-order valence-corrected chi connectivity index (χ1v) is 8.40. The van der Waals surface area contributed by atoms with E-state index in [2.05, 4.69) is 15.1 Å². The van der Waals surface area contributed by atoms with Crippen molar-refractivity contribution in [1.29, 1.82) is 0 Å². The van der Waals surface area contributed by atoms with Crippen molar-refractivity contribution in [3.8, 4) is 5.75 Å². The van der Waals surface area contributed by atoms with Crippen molar-refractivity contribution in [1.82, 2.24) is 19.6 Å². The Morgan fingerprint density at radius 2 is 2.00 bits per heavy atom. The third kappa shape index (κ3) is 3.79. The number of methoxy groups -OCH3 is 1. The lowest BCUT2D eigenvalue weighted by Crippen LogP contribution is -2.14. The second kappa shape index (κ2) is 7.53. The van der Waals surface area contributed by atoms with Gasteiger partial charge < -0.3 is 9.47 Å². The third-order valence-corrected chi connectivity index (χ3v) is 4.39. The molecule has 0 saturated carbocycles. The number of fused-ring (bicyclic) bond motifs is 1. The summed E-state index contributed by atoms with van der Waals surface area (Å²) in [5, 5.41) is 4.11. The van der Waals surface area contributed by atoms with Gasteiger partial charge in [0.1, 0.15) is 18.7 Å². The van der Waals surface area contributed by atoms with Gasteiger partial charge in [-0.25, -0.2) is 9.50 Å². The van der Waals surface area contributed by atoms with Gasteiger partial charge in [-0.15, -0.1) is 0 Å². The number of Topliss-reactive ketones (excluding diaryl/α,β-unsaturated/α-hetero) is 1. The van der Waals surface area contributed by atoms with Crippen molar-refractivity contribution < 1.29 is 19.1 Å². The maximum absolute atomic E-state index is 12.4. The molecule has 2 heterocycles. The monoisotopic (exact) mass is 368 g/mol. The van der Waals surface area contributed by atoms with Crippen LogP contribution in [0.3, 0.4) is 0 Å². The van der Waals surface area contributed by atoms with E-state index in [-0.39, 0.29) is 18.8 Å². The molecule has 0 unspecified atom stereocenters. The number of aromatic nitrogens is 4. The van der Waals surface area contributed by atoms with Gasteiger partial charge in [0.15, 0.2) is 5.78 Å². The zero-order valence-corrected chi connectivity index (χ0v) is 15.6. The van der Waals surface area contributed by atoms with Crippen molar-refractivity contribution in [3.05, 3.63) is 52.6 Å². The second-order valence-electron chi connectivity index (χ2n) is 6.15. The molecule has 2 aromatic heterocycles. The molecule has 0 bridgehead atoms. The molecule has 27 heavy (non-hydrogen) atoms. The number of ether oxygens (including phenoxy) is 2. The van der Waals surface area contributed by atoms with Crippen LogP contribution in [-0.4, -0.2) is 38.4 Å². The molecular weight excluding hydrogens is 348 g/mol. The lowest BCUT2D eigenvalue weighted by Gasteiger charge is -2.12. The van der Waals surface area contributed by atoms with Gasteiger partial charge in [-0.2, -0.15) is 10.1 Å². The average Bonchev–Trinajstić information content (AvgIpc) is 3.11. The highest BCUT2D eigenvalue weighted by atomic mass is 16.5. The minimum Gasteiger partial charge on any atom is -0.496 e. The van der Waals surface area contributed by atoms with Crippen molar-refractivity contribution in [2.24, 2.45) is 0 Å². The molecule has 0 atom stereocenters. The summed E-state index contributed by atoms with van der Waals surface area (Å²) >= 11 is 0. The smallest absolute Gasteiger partial charge is 0.310 e. The molecule has 0 aliphatic rings. The van der Waals surface area contributed by atoms with E-state index in [4.69, 9.17) is 9.47 Å². The summed E-state index contributed by atoms with van der Waals surface area (Å²) in [5.41, 5.74) is 3.43. The highest BCUT2D eigenvalue weighted by Gasteiger charge is 2.16. The molecule has 0 fully saturated rings. The zero-order chi connectivity index (χ0) is 19.6. The molecule has 0 saturated heterocycles. The van der Waals surface area contributed by atoms with Crippen LogP contribution in [0.15, 0.2) is 24.5 Å². The molecule has 8 nitrogen and oxygen atoms in total. The Labute approximate surface area is 156 Å². The van der Waals surface area contributed by atoms with E-state index >= 15 is 0 Å². The van der Waals surface area contributed by atoms with E-state index in [0.29, 0.717) is 28.3 Å². The second-order valence-corrected chi connectivity index (χ2v) is 6.15. The Bertz CT molecular complexity index is 1030. The van der Waals surface area contributed by atoms with E-state index in [9.17, 15) is 9.59 Å². The Kier molecular flexibility index (Phi) is 5.16. The quantitative estimate of drug-likeness (QED) is 0.486. The summed E-state index contributed by atoms with van der Waals surface area (Å²) in [6, 6.07) is 5.04. The van der Waals surface area contributed by atoms with Crippen LogP contribution in [-0.2, 0) is 22.6 Å². The fourth-order valence-electron chi connectivity index (χ4n) is 2.88. The van der Waals surface area contributed by atoms with E-state index in [1.807, 2.05) is 13.8 Å². The predicted molar refractivity (Wildman–Crippen MR) is 96.8 cm³/mol. The lowest BCUT2D eigenvalue weighted by molar-refractivity contribution is -0.144. The summed E-state index contributed by atoms with van der Waals surface area (Å²) < 4.78 is 12.3. The van der Waals surface area contributed by atoms with Crippen LogP contribution in [0.25, 0.3) is 5.78 Å². The molecule has 8 heteroatoms. The Morgan fingerprint density at radius 3 is 2.70 bits per heavy atom. The molecule has 0 N–H and O–H groups in total. The number of nitrogens with zero attached hydrogens (tertiary/aromatic N) is 4. The maximum atomic E-state index is 12.4. The van der Waals surface area contributed by atoms with Crippen LogP contribution in [0.1, 0.15) is 39.8 Å². The fraction of sp³-hybridized carbons (Fsp3) is 0.316. The number of ketones is 1. The van der Waals surface area contributed by atoms with Crippen molar-refractivity contribution >= 4 is 17.5 Å². The molecule has 0 aliphatic heterocycles. The maximum Gasteiger partial charge on any atom is 0.310 e. The van der Waals surface area contributed by atoms with Crippen molar-refractivity contribution in [2.75, 3.05) is 7.11 Å². The molecule has 1 aromatic carbocycles. The average molecular weight is 368 g/mol. The standard InChI is InChI=1S/C19H20N4O4/c1-11-16(12(2)23-19(22-11)20-10-21-23)8-18(25)27-9-15-7-14(13(3)24)5-6-17(15)26-4/h5-7,10H,8-9H2,1-4H3. The van der Waals surface area contributed by atoms with E-state index in [0.717, 1.165) is 11.3 Å². The molecule has 0 amide bonds. The number of aryl methyl sites for hydroxylation is 2. The van der Waals surface area contributed by atoms with Gasteiger partial charge in [0.05, 0.1) is 13.5 Å². The molecule has 3 rings (SSSR count). The van der Waals surface area contributed by atoms with E-state index < -0.39 is 5.97 Å². The fourth-order valence-corrected chi connectivity index (χ4v) is 2.88. The SMILES string of the molecule is COc1ccc(C(C)=O)cc1COC(=O)Cc1c(C)nc2ncnn2c1C. The molecule has 0 radical (unpaired) electrons. The number of carbonyl (C=O) groups excluding carboxylic acids is 2. The number of rotatable bonds is 6. The number of hydrogen-bond acceptors (Lipinski definition) is 7. The Hall–Kier alpha value is -3.29. The Morgan fingerprint density at radius 1 is 1.22 bits per heavy atom. The predicted octanol–water partition coefficient (Wildman–Crippen LogP) is 2.24. The van der Waals surface area contributed by atoms with Crippen LogP contribution < -0.4 is 4.74 Å². The summed E-state index contributed by atoms with van der Waals surface area (Å²) in [7, 11) is 1.53. The largest absolute Gasteiger partial charge is 0.496 e. The lowest BCUT2D eigenvalue weighted by atomic mass is 10.1. The Balaban J connectivity index is 1.76. The zero-order valence-electron chi connectivity index (χ0n) is 15.6. The number of benzene rings is 1. The van der Waals surface area contributed by atoms with Crippen molar-refractivity contribution in [2.45, 2.75) is 33.8 Å². The van der Waals surface area contributed by atoms with Gasteiger partial charge in [-0.1, -0.05) is 0 Å². The third-order valence-electron chi connectivity index (χ3n) is 4.39. The van der Waals surface area contributed by atoms with Gasteiger partial charge in [0.2, 0.25) is 0 Å². The molecule has 3 aromatic rings. The summed E-state index contributed by atoms with van der Waals surface area (Å²) in [5.74, 6) is 0.584. The van der Waals surface area contributed by atoms with E-state index in [1.165, 1.54) is 20.4 Å². The summed E-state index contributed by atoms with van der Waals surface area (Å²) in [4.78, 5) is 32.4. The molecular formula is C19H20N4O4. The molecule has 0 aliphatic carbocycles. The van der Waals surface area contributed by atoms with Crippen LogP contribution in [0.4, 0.5) is 0 Å². The van der Waals surface area contributed by atoms with Crippen LogP contribution >= 0.6 is 0 Å². The van der Waals surface area contributed by atoms with Gasteiger partial charge in [-0.3, -0.25) is 9.59 Å². The first-order chi connectivity index (χ1) is 12.9. The number of esters is 1. The summed E-state index contributed by atoms with van der Waals surface area (Å²) in [6.45, 7) is 5.18. The first kappa shape index (κ1) is 18.5. The van der Waals surface area contributed by atoms with Gasteiger partial charge in [-0.05, 0) is 39.0 Å². The van der Waals surface area contributed by atoms with Crippen LogP contribution in [0.2, 0.25) is 0 Å². The summed E-state index contributed by atoms with van der Waals surface area (Å²) in [6.07, 6.45) is 1.49. The van der Waals surface area contributed by atoms with Crippen molar-refractivity contribution in [3.63, 3.8) is 0 Å². The number of hydrogen-bond donors (Lipinski definition) is 0. The minimum atomic E-state index is -0.405. The first-order valence-electron chi connectivity index (χ1n) is 8.40. The highest BCUT2D eigenvalue weighted by Crippen LogP contribution is 2.22. The molecule has 140 valence electrons. The highest BCUT2D eigenvalue weighted by molar-refractivity contribution is 5.94. The van der Waals surface area contributed by atoms with Gasteiger partial charge in [0.25, 0.3) is 5.78 Å². The normalized spacial score (nSPS) is 10.8. The van der Waals surface area contributed by atoms with Gasteiger partial charge in [0, 0.05) is 28.1 Å². The van der Waals surface area contributed by atoms with Crippen LogP contribution in [0.5, 0.6) is 5.75 Å². The topological polar surface area (TPSA) is 95.7 Å². The van der Waals surface area contributed by atoms with E-state index in [1.54, 1.807) is 22.7 Å². The van der Waals surface area contributed by atoms with Crippen LogP contribution in [0, 0.1) is 13.8 Å². The number of carbonyl (C=O) groups is 2. The van der Waals surface area contributed by atoms with Gasteiger partial charge >= 0.3 is 5.97 Å². The molecule has 0 spiro atoms. The minimum absolute atomic E-state index is 0.0141.